The van der Waals surface area contributed by atoms with Gasteiger partial charge in [-0.2, -0.15) is 0 Å². The van der Waals surface area contributed by atoms with E-state index in [4.69, 9.17) is 16.6 Å². The highest BCUT2D eigenvalue weighted by Crippen LogP contribution is 2.32. The fourth-order valence-corrected chi connectivity index (χ4v) is 6.68. The largest absolute Gasteiger partial charge is 0.399 e. The van der Waals surface area contributed by atoms with Crippen molar-refractivity contribution in [2.75, 3.05) is 5.73 Å². The van der Waals surface area contributed by atoms with E-state index in [9.17, 15) is 0 Å². The molecule has 0 spiro atoms. The number of aromatic nitrogens is 1. The van der Waals surface area contributed by atoms with Gasteiger partial charge in [0.2, 0.25) is 0 Å². The molecule has 0 fully saturated rings. The minimum absolute atomic E-state index is 0.227. The molecule has 0 radical (unpaired) electrons. The molecule has 1 aromatic heterocycles. The maximum atomic E-state index is 8.62. The fraction of sp³-hybridized carbons (Fsp3) is 0. The first-order valence-corrected chi connectivity index (χ1v) is 17.5. The van der Waals surface area contributed by atoms with E-state index in [1.165, 1.54) is 27.1 Å². The number of nitrogens with zero attached hydrogens (tertiary/aromatic N) is 1. The van der Waals surface area contributed by atoms with Crippen LogP contribution in [0.25, 0.3) is 66.1 Å². The highest BCUT2D eigenvalue weighted by Gasteiger charge is 2.19. The number of nitrogens with two attached hydrogens (primary N) is 1. The van der Waals surface area contributed by atoms with Gasteiger partial charge < -0.3 is 5.73 Å². The number of nitrogens with one attached hydrogen (secondary N) is 2. The van der Waals surface area contributed by atoms with Gasteiger partial charge in [0.15, 0.2) is 0 Å². The van der Waals surface area contributed by atoms with Crippen molar-refractivity contribution in [1.82, 2.24) is 4.98 Å². The Morgan fingerprint density at radius 1 is 0.396 bits per heavy atom. The van der Waals surface area contributed by atoms with Crippen molar-refractivity contribution in [3.05, 3.63) is 206 Å². The van der Waals surface area contributed by atoms with Gasteiger partial charge in [0.1, 0.15) is 0 Å². The maximum absolute atomic E-state index is 8.62. The highest BCUT2D eigenvalue weighted by molar-refractivity contribution is 6.61. The van der Waals surface area contributed by atoms with Gasteiger partial charge in [0.05, 0.1) is 11.4 Å². The smallest absolute Gasteiger partial charge is 0.0867 e. The number of nitrogen functional groups attached to an aromatic ring is 1. The molecule has 4 nitrogen and oxygen atoms in total. The van der Waals surface area contributed by atoms with Crippen molar-refractivity contribution in [2.24, 2.45) is 0 Å². The Bertz CT molecular complexity index is 2670. The first-order chi connectivity index (χ1) is 26.0. The molecule has 4 N–H and O–H groups in total. The number of hydrogen-bond acceptors (Lipinski definition) is 4. The maximum Gasteiger partial charge on any atom is 0.0867 e. The second-order valence-corrected chi connectivity index (χ2v) is 13.1. The van der Waals surface area contributed by atoms with E-state index in [-0.39, 0.29) is 11.4 Å². The van der Waals surface area contributed by atoms with Crippen molar-refractivity contribution < 1.29 is 0 Å². The zero-order valence-electron chi connectivity index (χ0n) is 29.0. The zero-order chi connectivity index (χ0) is 36.1. The van der Waals surface area contributed by atoms with Crippen LogP contribution >= 0.6 is 0 Å². The third-order valence-corrected chi connectivity index (χ3v) is 9.62. The van der Waals surface area contributed by atoms with E-state index in [1.807, 2.05) is 48.7 Å². The zero-order valence-corrected chi connectivity index (χ0v) is 29.0. The van der Waals surface area contributed by atoms with E-state index in [1.54, 1.807) is 12.3 Å². The minimum Gasteiger partial charge on any atom is -0.399 e. The Balaban J connectivity index is 0.000000259. The van der Waals surface area contributed by atoms with E-state index in [0.29, 0.717) is 0 Å². The Morgan fingerprint density at radius 2 is 0.868 bits per heavy atom. The molecule has 0 saturated heterocycles. The summed E-state index contributed by atoms with van der Waals surface area (Å²) in [7, 11) is 0. The molecule has 53 heavy (non-hydrogen) atoms. The van der Waals surface area contributed by atoms with Crippen LogP contribution in [0.2, 0.25) is 0 Å². The number of hydrogen-bond donors (Lipinski definition) is 3. The molecule has 0 unspecified atom stereocenters. The van der Waals surface area contributed by atoms with E-state index in [2.05, 4.69) is 138 Å². The van der Waals surface area contributed by atoms with Gasteiger partial charge in [-0.25, -0.2) is 0 Å². The lowest BCUT2D eigenvalue weighted by molar-refractivity contribution is 1.33. The number of fused-ring (bicyclic) bond motifs is 2. The lowest BCUT2D eigenvalue weighted by atomic mass is 9.87. The molecule has 0 saturated carbocycles. The predicted molar refractivity (Wildman–Crippen MR) is 224 cm³/mol. The molecule has 7 aromatic carbocycles. The molecule has 1 heterocycles. The second-order valence-electron chi connectivity index (χ2n) is 13.1. The minimum atomic E-state index is 0.227. The monoisotopic (exact) mass is 680 g/mol. The number of pyridine rings is 1. The quantitative estimate of drug-likeness (QED) is 0.125. The van der Waals surface area contributed by atoms with Crippen LogP contribution in [0.4, 0.5) is 5.69 Å². The van der Waals surface area contributed by atoms with Gasteiger partial charge in [0.25, 0.3) is 0 Å². The van der Waals surface area contributed by atoms with Crippen LogP contribution in [0.1, 0.15) is 11.1 Å². The summed E-state index contributed by atoms with van der Waals surface area (Å²) in [5.74, 6) is 0. The van der Waals surface area contributed by atoms with Crippen molar-refractivity contribution in [3.8, 4) is 33.4 Å². The molecule has 1 aliphatic rings. The molecule has 252 valence electrons. The highest BCUT2D eigenvalue weighted by atomic mass is 14.6. The molecule has 0 bridgehead atoms. The molecular weight excluding hydrogens is 645 g/mol. The van der Waals surface area contributed by atoms with E-state index >= 15 is 0 Å². The predicted octanol–water partition coefficient (Wildman–Crippen LogP) is 12.2. The van der Waals surface area contributed by atoms with Crippen molar-refractivity contribution in [1.29, 1.82) is 10.8 Å². The van der Waals surface area contributed by atoms with E-state index < -0.39 is 0 Å². The Kier molecular flexibility index (Phi) is 9.08. The summed E-state index contributed by atoms with van der Waals surface area (Å²) >= 11 is 0. The lowest BCUT2D eigenvalue weighted by Gasteiger charge is -2.17. The summed E-state index contributed by atoms with van der Waals surface area (Å²) in [5, 5.41) is 22.1. The molecular formula is C49H36N4. The second kappa shape index (κ2) is 14.6. The van der Waals surface area contributed by atoms with Gasteiger partial charge in [-0.15, -0.1) is 0 Å². The van der Waals surface area contributed by atoms with Crippen LogP contribution in [0, 0.1) is 10.8 Å². The summed E-state index contributed by atoms with van der Waals surface area (Å²) < 4.78 is 0. The third-order valence-electron chi connectivity index (χ3n) is 9.62. The van der Waals surface area contributed by atoms with Crippen LogP contribution in [0.5, 0.6) is 0 Å². The van der Waals surface area contributed by atoms with Gasteiger partial charge >= 0.3 is 0 Å². The Hall–Kier alpha value is -7.17. The molecule has 0 atom stereocenters. The topological polar surface area (TPSA) is 86.6 Å². The fourth-order valence-electron chi connectivity index (χ4n) is 6.68. The SMILES string of the molecule is N=C1C=C(c2ccc(-c3ccc4ccccc4c3)cc2)C=C(c2ccc(-c3ccc4ccccc4c3)cc2)C1=N.Nc1ccc(-c2cccnc2)cc1. The van der Waals surface area contributed by atoms with E-state index in [0.717, 1.165) is 55.8 Å². The first kappa shape index (κ1) is 33.0. The Labute approximate surface area is 309 Å². The van der Waals surface area contributed by atoms with Gasteiger partial charge in [-0.3, -0.25) is 15.8 Å². The van der Waals surface area contributed by atoms with Crippen LogP contribution in [0.15, 0.2) is 194 Å². The molecule has 0 aliphatic heterocycles. The Morgan fingerprint density at radius 3 is 1.42 bits per heavy atom. The summed E-state index contributed by atoms with van der Waals surface area (Å²) in [4.78, 5) is 4.05. The van der Waals surface area contributed by atoms with Gasteiger partial charge in [-0.1, -0.05) is 140 Å². The summed E-state index contributed by atoms with van der Waals surface area (Å²) in [6, 6.07) is 58.4. The molecule has 0 amide bonds. The number of rotatable bonds is 5. The summed E-state index contributed by atoms with van der Waals surface area (Å²) in [6.07, 6.45) is 7.43. The van der Waals surface area contributed by atoms with Crippen LogP contribution in [-0.2, 0) is 0 Å². The average Bonchev–Trinajstić information content (AvgIpc) is 3.22. The summed E-state index contributed by atoms with van der Waals surface area (Å²) in [5.41, 5.74) is 17.4. The number of allylic oxidation sites excluding steroid dienone is 4. The number of anilines is 1. The molecule has 4 heteroatoms. The van der Waals surface area contributed by atoms with Crippen LogP contribution in [-0.4, -0.2) is 16.4 Å². The summed E-state index contributed by atoms with van der Waals surface area (Å²) in [6.45, 7) is 0. The standard InChI is InChI=1S/C38H26N2.C11H10N2/c39-37-24-35(29-11-9-27(10-12-29)33-19-15-25-5-1-3-7-31(25)21-33)23-36(38(37)40)30-17-13-28(14-18-30)34-20-16-26-6-2-4-8-32(26)22-34;12-11-5-3-9(4-6-11)10-2-1-7-13-8-10/h1-24,39-40H;1-8H,12H2. The van der Waals surface area contributed by atoms with Crippen molar-refractivity contribution in [2.45, 2.75) is 0 Å². The van der Waals surface area contributed by atoms with Crippen LogP contribution in [0.3, 0.4) is 0 Å². The molecule has 9 rings (SSSR count). The average molecular weight is 681 g/mol. The van der Waals surface area contributed by atoms with Crippen molar-refractivity contribution in [3.63, 3.8) is 0 Å². The van der Waals surface area contributed by atoms with Crippen molar-refractivity contribution >= 4 is 49.8 Å². The molecule has 8 aromatic rings. The first-order valence-electron chi connectivity index (χ1n) is 17.5. The normalized spacial score (nSPS) is 12.5. The van der Waals surface area contributed by atoms with Crippen LogP contribution < -0.4 is 5.73 Å². The van der Waals surface area contributed by atoms with Gasteiger partial charge in [-0.05, 0) is 114 Å². The third kappa shape index (κ3) is 7.21. The molecule has 1 aliphatic carbocycles. The number of benzene rings is 7. The lowest BCUT2D eigenvalue weighted by Crippen LogP contribution is -2.15. The van der Waals surface area contributed by atoms with Gasteiger partial charge in [0, 0.05) is 23.7 Å².